The number of aromatic nitrogens is 1. The third kappa shape index (κ3) is 2.83. The summed E-state index contributed by atoms with van der Waals surface area (Å²) in [6.07, 6.45) is 5.46. The van der Waals surface area contributed by atoms with Crippen molar-refractivity contribution < 1.29 is 9.50 Å². The van der Waals surface area contributed by atoms with Gasteiger partial charge >= 0.3 is 0 Å². The van der Waals surface area contributed by atoms with Crippen LogP contribution in [0.1, 0.15) is 12.0 Å². The van der Waals surface area contributed by atoms with Gasteiger partial charge in [-0.3, -0.25) is 0 Å². The van der Waals surface area contributed by atoms with Crippen LogP contribution in [0.15, 0.2) is 18.3 Å². The maximum Gasteiger partial charge on any atom is 0.165 e. The highest BCUT2D eigenvalue weighted by Crippen LogP contribution is 2.09. The van der Waals surface area contributed by atoms with Crippen molar-refractivity contribution in [1.82, 2.24) is 4.98 Å². The molecule has 1 rings (SSSR count). The van der Waals surface area contributed by atoms with E-state index in [9.17, 15) is 4.39 Å². The van der Waals surface area contributed by atoms with Gasteiger partial charge in [0.2, 0.25) is 0 Å². The molecule has 0 aliphatic heterocycles. The molecular formula is C9H11FN2O. The van der Waals surface area contributed by atoms with Crippen molar-refractivity contribution in [3.63, 3.8) is 0 Å². The topological polar surface area (TPSA) is 59.1 Å². The van der Waals surface area contributed by atoms with Crippen LogP contribution in [0, 0.1) is 5.82 Å². The number of halogens is 1. The van der Waals surface area contributed by atoms with Gasteiger partial charge in [-0.05, 0) is 18.1 Å². The highest BCUT2D eigenvalue weighted by atomic mass is 19.1. The monoisotopic (exact) mass is 182 g/mol. The molecule has 0 aliphatic carbocycles. The quantitative estimate of drug-likeness (QED) is 0.738. The van der Waals surface area contributed by atoms with Crippen LogP contribution in [-0.2, 0) is 0 Å². The molecule has 0 saturated heterocycles. The van der Waals surface area contributed by atoms with Crippen molar-refractivity contribution >= 4 is 11.9 Å². The molecule has 13 heavy (non-hydrogen) atoms. The molecule has 3 N–H and O–H groups in total. The highest BCUT2D eigenvalue weighted by Gasteiger charge is 1.97. The lowest BCUT2D eigenvalue weighted by Crippen LogP contribution is -1.94. The Morgan fingerprint density at radius 1 is 1.62 bits per heavy atom. The molecule has 3 nitrogen and oxygen atoms in total. The number of rotatable bonds is 3. The molecule has 0 saturated carbocycles. The second-order valence-electron chi connectivity index (χ2n) is 2.55. The van der Waals surface area contributed by atoms with Gasteiger partial charge in [0.25, 0.3) is 0 Å². The van der Waals surface area contributed by atoms with Crippen molar-refractivity contribution in [2.75, 3.05) is 12.3 Å². The fourth-order valence-electron chi connectivity index (χ4n) is 0.848. The van der Waals surface area contributed by atoms with Crippen LogP contribution in [0.2, 0.25) is 0 Å². The highest BCUT2D eigenvalue weighted by molar-refractivity contribution is 5.50. The van der Waals surface area contributed by atoms with E-state index in [2.05, 4.69) is 4.98 Å². The summed E-state index contributed by atoms with van der Waals surface area (Å²) in [6.45, 7) is 0.0847. The van der Waals surface area contributed by atoms with Crippen molar-refractivity contribution in [2.45, 2.75) is 6.42 Å². The molecular weight excluding hydrogens is 171 g/mol. The van der Waals surface area contributed by atoms with Crippen LogP contribution in [0.25, 0.3) is 6.08 Å². The maximum absolute atomic E-state index is 12.8. The predicted molar refractivity (Wildman–Crippen MR) is 49.3 cm³/mol. The van der Waals surface area contributed by atoms with E-state index >= 15 is 0 Å². The summed E-state index contributed by atoms with van der Waals surface area (Å²) in [6, 6.07) is 1.30. The Morgan fingerprint density at radius 2 is 2.38 bits per heavy atom. The van der Waals surface area contributed by atoms with E-state index in [0.717, 1.165) is 0 Å². The Hall–Kier alpha value is -1.42. The number of pyridine rings is 1. The number of aliphatic hydroxyl groups excluding tert-OH is 1. The average molecular weight is 182 g/mol. The Balaban J connectivity index is 2.73. The summed E-state index contributed by atoms with van der Waals surface area (Å²) >= 11 is 0. The number of hydrogen-bond donors (Lipinski definition) is 2. The van der Waals surface area contributed by atoms with E-state index in [1.807, 2.05) is 0 Å². The smallest absolute Gasteiger partial charge is 0.165 e. The summed E-state index contributed by atoms with van der Waals surface area (Å²) in [4.78, 5) is 3.65. The SMILES string of the molecule is Nc1ncc(C=CCCO)cc1F. The van der Waals surface area contributed by atoms with E-state index in [-0.39, 0.29) is 12.4 Å². The molecule has 4 heteroatoms. The average Bonchev–Trinajstić information content (AvgIpc) is 2.12. The first kappa shape index (κ1) is 9.67. The molecule has 1 aromatic heterocycles. The van der Waals surface area contributed by atoms with Crippen LogP contribution >= 0.6 is 0 Å². The molecule has 0 spiro atoms. The number of nitrogens with zero attached hydrogens (tertiary/aromatic N) is 1. The minimum absolute atomic E-state index is 0.0847. The zero-order chi connectivity index (χ0) is 9.68. The second-order valence-corrected chi connectivity index (χ2v) is 2.55. The van der Waals surface area contributed by atoms with Gasteiger partial charge in [-0.15, -0.1) is 0 Å². The fraction of sp³-hybridized carbons (Fsp3) is 0.222. The molecule has 0 amide bonds. The molecule has 0 unspecified atom stereocenters. The first-order valence-corrected chi connectivity index (χ1v) is 3.92. The van der Waals surface area contributed by atoms with Crippen LogP contribution in [-0.4, -0.2) is 16.7 Å². The normalized spacial score (nSPS) is 10.9. The number of hydrogen-bond acceptors (Lipinski definition) is 3. The minimum Gasteiger partial charge on any atom is -0.396 e. The van der Waals surface area contributed by atoms with Crippen molar-refractivity contribution in [3.8, 4) is 0 Å². The van der Waals surface area contributed by atoms with E-state index in [1.165, 1.54) is 12.3 Å². The zero-order valence-electron chi connectivity index (χ0n) is 7.07. The van der Waals surface area contributed by atoms with E-state index in [1.54, 1.807) is 12.2 Å². The van der Waals surface area contributed by atoms with Gasteiger partial charge in [0, 0.05) is 12.8 Å². The Morgan fingerprint density at radius 3 is 3.00 bits per heavy atom. The standard InChI is InChI=1S/C9H11FN2O/c10-8-5-7(3-1-2-4-13)6-12-9(8)11/h1,3,5-6,13H,2,4H2,(H2,11,12). The lowest BCUT2D eigenvalue weighted by atomic mass is 10.2. The molecule has 0 aliphatic rings. The lowest BCUT2D eigenvalue weighted by molar-refractivity contribution is 0.303. The van der Waals surface area contributed by atoms with Gasteiger partial charge in [0.05, 0.1) is 0 Å². The van der Waals surface area contributed by atoms with Gasteiger partial charge in [-0.2, -0.15) is 0 Å². The van der Waals surface area contributed by atoms with Crippen molar-refractivity contribution in [1.29, 1.82) is 0 Å². The van der Waals surface area contributed by atoms with Gasteiger partial charge in [-0.1, -0.05) is 12.2 Å². The van der Waals surface area contributed by atoms with Crippen LogP contribution in [0.5, 0.6) is 0 Å². The molecule has 0 fully saturated rings. The summed E-state index contributed by atoms with van der Waals surface area (Å²) in [5.41, 5.74) is 5.83. The van der Waals surface area contributed by atoms with Crippen LogP contribution in [0.3, 0.4) is 0 Å². The van der Waals surface area contributed by atoms with Gasteiger partial charge < -0.3 is 10.8 Å². The number of aliphatic hydroxyl groups is 1. The zero-order valence-corrected chi connectivity index (χ0v) is 7.07. The molecule has 0 atom stereocenters. The minimum atomic E-state index is -0.522. The Labute approximate surface area is 75.7 Å². The largest absolute Gasteiger partial charge is 0.396 e. The molecule has 0 aromatic carbocycles. The Kier molecular flexibility index (Phi) is 3.40. The first-order valence-electron chi connectivity index (χ1n) is 3.92. The fourth-order valence-corrected chi connectivity index (χ4v) is 0.848. The molecule has 0 bridgehead atoms. The maximum atomic E-state index is 12.8. The van der Waals surface area contributed by atoms with Crippen LogP contribution in [0.4, 0.5) is 10.2 Å². The molecule has 1 aromatic rings. The summed E-state index contributed by atoms with van der Waals surface area (Å²) in [7, 11) is 0. The van der Waals surface area contributed by atoms with Gasteiger partial charge in [0.1, 0.15) is 0 Å². The summed E-state index contributed by atoms with van der Waals surface area (Å²) < 4.78 is 12.8. The van der Waals surface area contributed by atoms with Crippen molar-refractivity contribution in [2.24, 2.45) is 0 Å². The second kappa shape index (κ2) is 4.57. The Bertz CT molecular complexity index is 312. The third-order valence-electron chi connectivity index (χ3n) is 1.50. The molecule has 70 valence electrons. The van der Waals surface area contributed by atoms with E-state index in [4.69, 9.17) is 10.8 Å². The van der Waals surface area contributed by atoms with Gasteiger partial charge in [-0.25, -0.2) is 9.37 Å². The van der Waals surface area contributed by atoms with Crippen molar-refractivity contribution in [3.05, 3.63) is 29.7 Å². The summed E-state index contributed by atoms with van der Waals surface area (Å²) in [5.74, 6) is -0.620. The number of nitrogen functional groups attached to an aromatic ring is 1. The lowest BCUT2D eigenvalue weighted by Gasteiger charge is -1.96. The van der Waals surface area contributed by atoms with Crippen LogP contribution < -0.4 is 5.73 Å². The molecule has 0 radical (unpaired) electrons. The van der Waals surface area contributed by atoms with E-state index in [0.29, 0.717) is 12.0 Å². The van der Waals surface area contributed by atoms with Gasteiger partial charge in [0.15, 0.2) is 11.6 Å². The predicted octanol–water partition coefficient (Wildman–Crippen LogP) is 1.20. The van der Waals surface area contributed by atoms with E-state index < -0.39 is 5.82 Å². The third-order valence-corrected chi connectivity index (χ3v) is 1.50. The summed E-state index contributed by atoms with van der Waals surface area (Å²) in [5, 5.41) is 8.48. The number of nitrogens with two attached hydrogens (primary N) is 1. The first-order chi connectivity index (χ1) is 6.24. The molecule has 1 heterocycles. The number of anilines is 1.